The van der Waals surface area contributed by atoms with Crippen LogP contribution in [0.15, 0.2) is 25.0 Å². The van der Waals surface area contributed by atoms with Gasteiger partial charge in [0.15, 0.2) is 0 Å². The molecule has 4 rings (SSSR count). The number of aromatic nitrogens is 4. The van der Waals surface area contributed by atoms with Gasteiger partial charge in [-0.05, 0) is 12.8 Å². The average Bonchev–Trinajstić information content (AvgIpc) is 3.47. The van der Waals surface area contributed by atoms with Gasteiger partial charge >= 0.3 is 0 Å². The summed E-state index contributed by atoms with van der Waals surface area (Å²) in [5.74, 6) is 0.204. The molecular formula is C19H28N6O3. The van der Waals surface area contributed by atoms with Gasteiger partial charge in [0, 0.05) is 49.3 Å². The molecule has 9 nitrogen and oxygen atoms in total. The molecule has 1 saturated heterocycles. The van der Waals surface area contributed by atoms with Crippen molar-refractivity contribution < 1.29 is 14.6 Å². The number of carbonyl (C=O) groups is 1. The summed E-state index contributed by atoms with van der Waals surface area (Å²) in [5.41, 5.74) is 1.93. The Labute approximate surface area is 163 Å². The topological polar surface area (TPSA) is 119 Å². The molecule has 9 heteroatoms. The number of amides is 1. The smallest absolute Gasteiger partial charge is 0.223 e. The summed E-state index contributed by atoms with van der Waals surface area (Å²) in [6, 6.07) is -0.181. The number of aliphatic hydroxyl groups excluding tert-OH is 1. The second-order valence-electron chi connectivity index (χ2n) is 7.71. The van der Waals surface area contributed by atoms with Crippen molar-refractivity contribution in [2.24, 2.45) is 5.92 Å². The third kappa shape index (κ3) is 4.43. The van der Waals surface area contributed by atoms with Crippen LogP contribution in [0.1, 0.15) is 37.1 Å². The number of H-pyrrole nitrogens is 2. The number of rotatable bonds is 8. The molecule has 0 aromatic carbocycles. The van der Waals surface area contributed by atoms with Crippen LogP contribution >= 0.6 is 0 Å². The maximum Gasteiger partial charge on any atom is 0.223 e. The van der Waals surface area contributed by atoms with Gasteiger partial charge in [-0.15, -0.1) is 0 Å². The SMILES string of the molecule is O=C(NCC1OCC(N(Cc2cnc[nH]2)Cc2cnc[nH]2)C1O)C1CCCC1. The highest BCUT2D eigenvalue weighted by Gasteiger charge is 2.40. The van der Waals surface area contributed by atoms with Crippen LogP contribution in [0.3, 0.4) is 0 Å². The van der Waals surface area contributed by atoms with Crippen LogP contribution in [-0.4, -0.2) is 67.3 Å². The molecule has 2 aromatic rings. The molecule has 4 N–H and O–H groups in total. The van der Waals surface area contributed by atoms with Crippen molar-refractivity contribution in [1.82, 2.24) is 30.2 Å². The highest BCUT2D eigenvalue weighted by atomic mass is 16.5. The van der Waals surface area contributed by atoms with Crippen LogP contribution in [-0.2, 0) is 22.6 Å². The monoisotopic (exact) mass is 388 g/mol. The Morgan fingerprint density at radius 3 is 2.39 bits per heavy atom. The predicted octanol–water partition coefficient (Wildman–Crippen LogP) is 0.570. The fourth-order valence-electron chi connectivity index (χ4n) is 4.17. The van der Waals surface area contributed by atoms with Gasteiger partial charge in [0.25, 0.3) is 0 Å². The molecular weight excluding hydrogens is 360 g/mol. The van der Waals surface area contributed by atoms with E-state index < -0.39 is 12.2 Å². The second kappa shape index (κ2) is 8.85. The molecule has 0 bridgehead atoms. The number of nitrogens with zero attached hydrogens (tertiary/aromatic N) is 3. The minimum atomic E-state index is -0.685. The number of imidazole rings is 2. The summed E-state index contributed by atoms with van der Waals surface area (Å²) in [4.78, 5) is 28.8. The lowest BCUT2D eigenvalue weighted by molar-refractivity contribution is -0.125. The number of aliphatic hydroxyl groups is 1. The lowest BCUT2D eigenvalue weighted by Crippen LogP contribution is -2.47. The van der Waals surface area contributed by atoms with E-state index >= 15 is 0 Å². The molecule has 0 radical (unpaired) electrons. The van der Waals surface area contributed by atoms with E-state index in [4.69, 9.17) is 4.74 Å². The number of ether oxygens (including phenoxy) is 1. The summed E-state index contributed by atoms with van der Waals surface area (Å²) in [5, 5.41) is 13.9. The molecule has 3 unspecified atom stereocenters. The third-order valence-electron chi connectivity index (χ3n) is 5.79. The largest absolute Gasteiger partial charge is 0.389 e. The maximum absolute atomic E-state index is 12.3. The minimum Gasteiger partial charge on any atom is -0.389 e. The molecule has 2 aliphatic rings. The van der Waals surface area contributed by atoms with Crippen molar-refractivity contribution in [2.45, 2.75) is 57.0 Å². The standard InChI is InChI=1S/C19H28N6O3/c26-18-16(10-28-17(18)7-22-19(27)13-3-1-2-4-13)25(8-14-5-20-11-23-14)9-15-6-21-12-24-15/h5-6,11-13,16-18,26H,1-4,7-10H2,(H,20,23)(H,21,24)(H,22,27). The Bertz CT molecular complexity index is 693. The van der Waals surface area contributed by atoms with E-state index in [2.05, 4.69) is 30.2 Å². The first kappa shape index (κ1) is 19.1. The van der Waals surface area contributed by atoms with Crippen LogP contribution in [0.25, 0.3) is 0 Å². The number of hydrogen-bond donors (Lipinski definition) is 4. The number of nitrogens with one attached hydrogen (secondary N) is 3. The zero-order valence-corrected chi connectivity index (χ0v) is 15.9. The van der Waals surface area contributed by atoms with Crippen molar-refractivity contribution in [3.63, 3.8) is 0 Å². The van der Waals surface area contributed by atoms with Gasteiger partial charge in [0.1, 0.15) is 6.10 Å². The van der Waals surface area contributed by atoms with Gasteiger partial charge in [0.2, 0.25) is 5.91 Å². The molecule has 3 atom stereocenters. The van der Waals surface area contributed by atoms with Crippen LogP contribution in [0.4, 0.5) is 0 Å². The number of carbonyl (C=O) groups excluding carboxylic acids is 1. The van der Waals surface area contributed by atoms with Crippen molar-refractivity contribution in [1.29, 1.82) is 0 Å². The number of hydrogen-bond acceptors (Lipinski definition) is 6. The maximum atomic E-state index is 12.3. The van der Waals surface area contributed by atoms with Gasteiger partial charge in [0.05, 0.1) is 31.4 Å². The second-order valence-corrected chi connectivity index (χ2v) is 7.71. The van der Waals surface area contributed by atoms with Crippen molar-refractivity contribution in [3.8, 4) is 0 Å². The van der Waals surface area contributed by atoms with Crippen LogP contribution < -0.4 is 5.32 Å². The number of aromatic amines is 2. The average molecular weight is 388 g/mol. The lowest BCUT2D eigenvalue weighted by atomic mass is 10.1. The van der Waals surface area contributed by atoms with Crippen LogP contribution in [0.2, 0.25) is 0 Å². The van der Waals surface area contributed by atoms with E-state index in [1.807, 2.05) is 0 Å². The molecule has 1 aliphatic carbocycles. The van der Waals surface area contributed by atoms with E-state index in [1.165, 1.54) is 0 Å². The van der Waals surface area contributed by atoms with Gasteiger partial charge in [-0.2, -0.15) is 0 Å². The summed E-state index contributed by atoms with van der Waals surface area (Å²) >= 11 is 0. The molecule has 1 saturated carbocycles. The van der Waals surface area contributed by atoms with Gasteiger partial charge in [-0.25, -0.2) is 9.97 Å². The molecule has 152 valence electrons. The van der Waals surface area contributed by atoms with E-state index in [9.17, 15) is 9.90 Å². The first-order chi connectivity index (χ1) is 13.7. The summed E-state index contributed by atoms with van der Waals surface area (Å²) in [7, 11) is 0. The predicted molar refractivity (Wildman–Crippen MR) is 101 cm³/mol. The third-order valence-corrected chi connectivity index (χ3v) is 5.79. The van der Waals surface area contributed by atoms with Crippen LogP contribution in [0, 0.1) is 5.92 Å². The Morgan fingerprint density at radius 1 is 1.18 bits per heavy atom. The molecule has 1 amide bonds. The highest BCUT2D eigenvalue weighted by Crippen LogP contribution is 2.25. The zero-order chi connectivity index (χ0) is 19.3. The van der Waals surface area contributed by atoms with Crippen molar-refractivity contribution in [2.75, 3.05) is 13.2 Å². The summed E-state index contributed by atoms with van der Waals surface area (Å²) < 4.78 is 5.85. The molecule has 1 aliphatic heterocycles. The quantitative estimate of drug-likeness (QED) is 0.525. The van der Waals surface area contributed by atoms with Gasteiger partial charge in [-0.1, -0.05) is 12.8 Å². The first-order valence-electron chi connectivity index (χ1n) is 9.96. The highest BCUT2D eigenvalue weighted by molar-refractivity contribution is 5.78. The molecule has 2 fully saturated rings. The molecule has 28 heavy (non-hydrogen) atoms. The zero-order valence-electron chi connectivity index (χ0n) is 15.9. The Hall–Kier alpha value is -2.23. The fraction of sp³-hybridized carbons (Fsp3) is 0.632. The fourth-order valence-corrected chi connectivity index (χ4v) is 4.17. The Kier molecular flexibility index (Phi) is 6.04. The molecule has 0 spiro atoms. The minimum absolute atomic E-state index is 0.0866. The van der Waals surface area contributed by atoms with Gasteiger partial charge < -0.3 is 25.1 Å². The van der Waals surface area contributed by atoms with E-state index in [0.717, 1.165) is 37.1 Å². The molecule has 3 heterocycles. The first-order valence-corrected chi connectivity index (χ1v) is 9.96. The van der Waals surface area contributed by atoms with E-state index in [1.54, 1.807) is 25.0 Å². The summed E-state index contributed by atoms with van der Waals surface area (Å²) in [6.07, 6.45) is 9.94. The summed E-state index contributed by atoms with van der Waals surface area (Å²) in [6.45, 7) is 1.96. The van der Waals surface area contributed by atoms with E-state index in [0.29, 0.717) is 26.2 Å². The van der Waals surface area contributed by atoms with Crippen LogP contribution in [0.5, 0.6) is 0 Å². The van der Waals surface area contributed by atoms with Crippen molar-refractivity contribution >= 4 is 5.91 Å². The van der Waals surface area contributed by atoms with Gasteiger partial charge in [-0.3, -0.25) is 9.69 Å². The Balaban J connectivity index is 1.37. The lowest BCUT2D eigenvalue weighted by Gasteiger charge is -2.30. The van der Waals surface area contributed by atoms with E-state index in [-0.39, 0.29) is 17.9 Å². The van der Waals surface area contributed by atoms with Crippen molar-refractivity contribution in [3.05, 3.63) is 36.4 Å². The Morgan fingerprint density at radius 2 is 1.82 bits per heavy atom. The molecule has 2 aromatic heterocycles. The normalized spacial score (nSPS) is 25.6.